The van der Waals surface area contributed by atoms with Gasteiger partial charge in [-0.05, 0) is 25.5 Å². The molecule has 2 heterocycles. The molecule has 1 saturated heterocycles. The number of amides is 1. The molecule has 1 atom stereocenters. The van der Waals surface area contributed by atoms with Crippen molar-refractivity contribution < 1.29 is 13.2 Å². The van der Waals surface area contributed by atoms with E-state index >= 15 is 0 Å². The summed E-state index contributed by atoms with van der Waals surface area (Å²) in [5, 5.41) is 0. The van der Waals surface area contributed by atoms with Gasteiger partial charge in [0, 0.05) is 25.0 Å². The van der Waals surface area contributed by atoms with Crippen LogP contribution in [0.3, 0.4) is 0 Å². The van der Waals surface area contributed by atoms with Crippen LogP contribution in [0, 0.1) is 0 Å². The lowest BCUT2D eigenvalue weighted by atomic mass is 10.1. The van der Waals surface area contributed by atoms with Gasteiger partial charge in [0.2, 0.25) is 0 Å². The van der Waals surface area contributed by atoms with E-state index in [0.717, 1.165) is 0 Å². The first kappa shape index (κ1) is 15.9. The molecule has 0 bridgehead atoms. The highest BCUT2D eigenvalue weighted by atomic mass is 35.5. The zero-order chi connectivity index (χ0) is 13.2. The smallest absolute Gasteiger partial charge is 0.255 e. The van der Waals surface area contributed by atoms with Crippen molar-refractivity contribution in [3.05, 3.63) is 30.1 Å². The summed E-state index contributed by atoms with van der Waals surface area (Å²) in [5.74, 6) is 0.106. The van der Waals surface area contributed by atoms with Crippen LogP contribution in [0.15, 0.2) is 24.5 Å². The summed E-state index contributed by atoms with van der Waals surface area (Å²) in [6.07, 6.45) is 3.64. The molecule has 2 rings (SSSR count). The number of halogens is 1. The van der Waals surface area contributed by atoms with E-state index in [1.165, 1.54) is 6.20 Å². The number of sulfone groups is 1. The Balaban J connectivity index is 0.00000180. The van der Waals surface area contributed by atoms with E-state index in [0.29, 0.717) is 18.5 Å². The zero-order valence-electron chi connectivity index (χ0n) is 10.7. The Morgan fingerprint density at radius 3 is 2.74 bits per heavy atom. The standard InChI is InChI=1S/C12H16N2O3S.ClH/c1-2-14(11-5-7-18(16,17)9-11)12(15)10-4-3-6-13-8-10;/h3-4,6,8,11H,2,5,7,9H2,1H3;1H. The maximum Gasteiger partial charge on any atom is 0.255 e. The molecule has 0 radical (unpaired) electrons. The molecule has 106 valence electrons. The summed E-state index contributed by atoms with van der Waals surface area (Å²) in [6.45, 7) is 2.37. The summed E-state index contributed by atoms with van der Waals surface area (Å²) in [7, 11) is -2.98. The first-order chi connectivity index (χ1) is 8.53. The Kier molecular flexibility index (Phi) is 5.31. The molecule has 7 heteroatoms. The zero-order valence-corrected chi connectivity index (χ0v) is 12.3. The Labute approximate surface area is 119 Å². The maximum absolute atomic E-state index is 12.3. The molecule has 1 fully saturated rings. The minimum absolute atomic E-state index is 0. The van der Waals surface area contributed by atoms with Crippen LogP contribution in [0.25, 0.3) is 0 Å². The molecular formula is C12H17ClN2O3S. The Morgan fingerprint density at radius 1 is 1.53 bits per heavy atom. The van der Waals surface area contributed by atoms with Crippen molar-refractivity contribution >= 4 is 28.2 Å². The van der Waals surface area contributed by atoms with E-state index in [9.17, 15) is 13.2 Å². The van der Waals surface area contributed by atoms with Crippen LogP contribution >= 0.6 is 12.4 Å². The summed E-state index contributed by atoms with van der Waals surface area (Å²) in [4.78, 5) is 17.8. The van der Waals surface area contributed by atoms with Crippen molar-refractivity contribution in [2.75, 3.05) is 18.1 Å². The van der Waals surface area contributed by atoms with Gasteiger partial charge in [-0.2, -0.15) is 0 Å². The lowest BCUT2D eigenvalue weighted by molar-refractivity contribution is 0.0708. The second-order valence-electron chi connectivity index (χ2n) is 4.39. The molecule has 0 aromatic carbocycles. The molecule has 1 aliphatic heterocycles. The predicted octanol–water partition coefficient (Wildman–Crippen LogP) is 1.15. The van der Waals surface area contributed by atoms with Crippen LogP contribution in [-0.2, 0) is 9.84 Å². The molecule has 5 nitrogen and oxygen atoms in total. The fraction of sp³-hybridized carbons (Fsp3) is 0.500. The average Bonchev–Trinajstić information content (AvgIpc) is 2.71. The summed E-state index contributed by atoms with van der Waals surface area (Å²) >= 11 is 0. The molecule has 1 aromatic rings. The van der Waals surface area contributed by atoms with Gasteiger partial charge < -0.3 is 4.90 Å². The lowest BCUT2D eigenvalue weighted by Crippen LogP contribution is -2.41. The number of nitrogens with zero attached hydrogens (tertiary/aromatic N) is 2. The van der Waals surface area contributed by atoms with Crippen LogP contribution in [-0.4, -0.2) is 48.3 Å². The molecule has 1 aromatic heterocycles. The minimum atomic E-state index is -2.98. The SMILES string of the molecule is CCN(C(=O)c1cccnc1)C1CCS(=O)(=O)C1.Cl. The third-order valence-corrected chi connectivity index (χ3v) is 4.91. The molecule has 1 unspecified atom stereocenters. The number of aromatic nitrogens is 1. The van der Waals surface area contributed by atoms with E-state index in [-0.39, 0.29) is 35.9 Å². The molecule has 1 amide bonds. The predicted molar refractivity (Wildman–Crippen MR) is 75.3 cm³/mol. The number of hydrogen-bond acceptors (Lipinski definition) is 4. The van der Waals surface area contributed by atoms with Crippen LogP contribution in [0.4, 0.5) is 0 Å². The maximum atomic E-state index is 12.3. The normalized spacial score (nSPS) is 20.6. The Morgan fingerprint density at radius 2 is 2.26 bits per heavy atom. The first-order valence-electron chi connectivity index (χ1n) is 5.95. The largest absolute Gasteiger partial charge is 0.335 e. The van der Waals surface area contributed by atoms with Crippen molar-refractivity contribution in [3.8, 4) is 0 Å². The number of hydrogen-bond donors (Lipinski definition) is 0. The van der Waals surface area contributed by atoms with Crippen LogP contribution in [0.5, 0.6) is 0 Å². The number of carbonyl (C=O) groups excluding carboxylic acids is 1. The summed E-state index contributed by atoms with van der Waals surface area (Å²) in [5.41, 5.74) is 0.503. The second kappa shape index (κ2) is 6.34. The van der Waals surface area contributed by atoms with E-state index in [1.807, 2.05) is 6.92 Å². The molecule has 19 heavy (non-hydrogen) atoms. The molecule has 0 saturated carbocycles. The van der Waals surface area contributed by atoms with E-state index in [4.69, 9.17) is 0 Å². The summed E-state index contributed by atoms with van der Waals surface area (Å²) < 4.78 is 22.9. The quantitative estimate of drug-likeness (QED) is 0.840. The van der Waals surface area contributed by atoms with Gasteiger partial charge in [0.15, 0.2) is 9.84 Å². The van der Waals surface area contributed by atoms with Gasteiger partial charge in [-0.15, -0.1) is 12.4 Å². The highest BCUT2D eigenvalue weighted by molar-refractivity contribution is 7.91. The molecular weight excluding hydrogens is 288 g/mol. The van der Waals surface area contributed by atoms with Crippen molar-refractivity contribution in [3.63, 3.8) is 0 Å². The van der Waals surface area contributed by atoms with Gasteiger partial charge >= 0.3 is 0 Å². The molecule has 0 N–H and O–H groups in total. The average molecular weight is 305 g/mol. The first-order valence-corrected chi connectivity index (χ1v) is 7.77. The van der Waals surface area contributed by atoms with Gasteiger partial charge in [0.1, 0.15) is 0 Å². The highest BCUT2D eigenvalue weighted by Gasteiger charge is 2.34. The van der Waals surface area contributed by atoms with E-state index < -0.39 is 9.84 Å². The van der Waals surface area contributed by atoms with Gasteiger partial charge in [0.05, 0.1) is 17.1 Å². The van der Waals surface area contributed by atoms with Crippen molar-refractivity contribution in [1.82, 2.24) is 9.88 Å². The van der Waals surface area contributed by atoms with Crippen LogP contribution in [0.1, 0.15) is 23.7 Å². The van der Waals surface area contributed by atoms with Crippen molar-refractivity contribution in [2.24, 2.45) is 0 Å². The van der Waals surface area contributed by atoms with Gasteiger partial charge in [-0.3, -0.25) is 9.78 Å². The van der Waals surface area contributed by atoms with Gasteiger partial charge in [0.25, 0.3) is 5.91 Å². The fourth-order valence-electron chi connectivity index (χ4n) is 2.24. The van der Waals surface area contributed by atoms with Gasteiger partial charge in [-0.1, -0.05) is 0 Å². The third kappa shape index (κ3) is 3.67. The van der Waals surface area contributed by atoms with E-state index in [1.54, 1.807) is 23.2 Å². The van der Waals surface area contributed by atoms with Crippen molar-refractivity contribution in [1.29, 1.82) is 0 Å². The molecule has 1 aliphatic rings. The Bertz CT molecular complexity index is 533. The topological polar surface area (TPSA) is 67.3 Å². The van der Waals surface area contributed by atoms with Crippen molar-refractivity contribution in [2.45, 2.75) is 19.4 Å². The number of rotatable bonds is 3. The van der Waals surface area contributed by atoms with Crippen LogP contribution in [0.2, 0.25) is 0 Å². The fourth-order valence-corrected chi connectivity index (χ4v) is 3.97. The number of pyridine rings is 1. The summed E-state index contributed by atoms with van der Waals surface area (Å²) in [6, 6.07) is 3.20. The second-order valence-corrected chi connectivity index (χ2v) is 6.62. The third-order valence-electron chi connectivity index (χ3n) is 3.16. The monoisotopic (exact) mass is 304 g/mol. The highest BCUT2D eigenvalue weighted by Crippen LogP contribution is 2.19. The molecule has 0 spiro atoms. The van der Waals surface area contributed by atoms with Gasteiger partial charge in [-0.25, -0.2) is 8.42 Å². The minimum Gasteiger partial charge on any atom is -0.335 e. The van der Waals surface area contributed by atoms with E-state index in [2.05, 4.69) is 4.98 Å². The lowest BCUT2D eigenvalue weighted by Gasteiger charge is -2.26. The van der Waals surface area contributed by atoms with Crippen LogP contribution < -0.4 is 0 Å². The Hall–Kier alpha value is -1.14. The molecule has 0 aliphatic carbocycles. The number of carbonyl (C=O) groups is 1.